The third-order valence-electron chi connectivity index (χ3n) is 9.92. The van der Waals surface area contributed by atoms with Crippen LogP contribution in [0.3, 0.4) is 0 Å². The van der Waals surface area contributed by atoms with E-state index in [0.717, 1.165) is 113 Å². The topological polar surface area (TPSA) is 77.0 Å². The van der Waals surface area contributed by atoms with Crippen molar-refractivity contribution >= 4 is 34.7 Å². The highest BCUT2D eigenvalue weighted by Gasteiger charge is 2.44. The van der Waals surface area contributed by atoms with Gasteiger partial charge in [0.25, 0.3) is 5.91 Å². The number of carbonyl (C=O) groups is 2. The second kappa shape index (κ2) is 18.1. The summed E-state index contributed by atoms with van der Waals surface area (Å²) in [4.78, 5) is 37.9. The fraction of sp³-hybridized carbons (Fsp3) is 0.649. The number of rotatable bonds is 14. The standard InChI is InChI=1S/C37H55ClFN5O2/c1-5-8-17-30(26-19-21-28(39)22-20-26)31(7-3)41-32(18-9-6-2)33-25-43-23-13-16-29(43)24-44(33)37(46)34(27-14-11-10-12-15-27)42-36(45)35(38)40-4/h7,17,19-22,27,29,33-35,40H,5-6,8-16,18,23-25H2,1-4H3,(H,42,45)/b30-17-,31-7-,41-32?/t29?,33?,34?,35-/m1/s1. The number of fused-ring (bicyclic) bond motifs is 1. The summed E-state index contributed by atoms with van der Waals surface area (Å²) in [6, 6.07) is 6.12. The maximum absolute atomic E-state index is 14.8. The van der Waals surface area contributed by atoms with Crippen LogP contribution in [0.4, 0.5) is 4.39 Å². The van der Waals surface area contributed by atoms with E-state index < -0.39 is 11.5 Å². The SMILES string of the molecule is C/C=C(N=C(CCCC)C1CN2CCCC2CN1C(=O)C(NC(=O)[C@H](Cl)NC)C1CCCCC1)/C(=C\CCC)c1ccc(F)cc1. The van der Waals surface area contributed by atoms with E-state index in [1.165, 1.54) is 12.1 Å². The second-order valence-electron chi connectivity index (χ2n) is 13.1. The minimum Gasteiger partial charge on any atom is -0.342 e. The molecule has 0 radical (unpaired) electrons. The Morgan fingerprint density at radius 1 is 1.07 bits per heavy atom. The van der Waals surface area contributed by atoms with Gasteiger partial charge in [-0.2, -0.15) is 0 Å². The van der Waals surface area contributed by atoms with Crippen molar-refractivity contribution in [1.29, 1.82) is 0 Å². The molecule has 2 amide bonds. The van der Waals surface area contributed by atoms with Gasteiger partial charge in [-0.05, 0) is 89.1 Å². The summed E-state index contributed by atoms with van der Waals surface area (Å²) in [5.41, 5.74) is 2.85. The van der Waals surface area contributed by atoms with Gasteiger partial charge in [0.15, 0.2) is 5.50 Å². The number of halogens is 2. The molecular formula is C37H55ClFN5O2. The number of aliphatic imine (C=N–C) groups is 1. The highest BCUT2D eigenvalue weighted by atomic mass is 35.5. The first-order valence-electron chi connectivity index (χ1n) is 17.7. The van der Waals surface area contributed by atoms with Crippen LogP contribution in [0.1, 0.15) is 103 Å². The summed E-state index contributed by atoms with van der Waals surface area (Å²) in [5.74, 6) is -0.551. The van der Waals surface area contributed by atoms with E-state index in [1.807, 2.05) is 25.1 Å². The molecule has 0 aromatic heterocycles. The molecule has 3 aliphatic rings. The van der Waals surface area contributed by atoms with Gasteiger partial charge in [0.05, 0.1) is 11.7 Å². The molecule has 9 heteroatoms. The molecule has 4 rings (SSSR count). The Morgan fingerprint density at radius 2 is 1.80 bits per heavy atom. The molecule has 7 nitrogen and oxygen atoms in total. The van der Waals surface area contributed by atoms with E-state index in [-0.39, 0.29) is 29.6 Å². The van der Waals surface area contributed by atoms with Crippen LogP contribution < -0.4 is 10.6 Å². The second-order valence-corrected chi connectivity index (χ2v) is 13.6. The zero-order valence-corrected chi connectivity index (χ0v) is 29.1. The fourth-order valence-corrected chi connectivity index (χ4v) is 7.37. The Kier molecular flexibility index (Phi) is 14.3. The van der Waals surface area contributed by atoms with E-state index in [2.05, 4.69) is 40.4 Å². The Morgan fingerprint density at radius 3 is 2.46 bits per heavy atom. The van der Waals surface area contributed by atoms with Crippen LogP contribution in [0.2, 0.25) is 0 Å². The quantitative estimate of drug-likeness (QED) is 0.0973. The van der Waals surface area contributed by atoms with Crippen LogP contribution in [0.15, 0.2) is 47.1 Å². The largest absolute Gasteiger partial charge is 0.342 e. The molecule has 1 aliphatic carbocycles. The average molecular weight is 656 g/mol. The van der Waals surface area contributed by atoms with Gasteiger partial charge < -0.3 is 10.2 Å². The number of carbonyl (C=O) groups excluding carboxylic acids is 2. The fourth-order valence-electron chi connectivity index (χ4n) is 7.31. The highest BCUT2D eigenvalue weighted by molar-refractivity contribution is 6.30. The van der Waals surface area contributed by atoms with E-state index in [1.54, 1.807) is 7.05 Å². The first kappa shape index (κ1) is 36.3. The summed E-state index contributed by atoms with van der Waals surface area (Å²) >= 11 is 6.29. The zero-order valence-electron chi connectivity index (χ0n) is 28.4. The molecule has 3 fully saturated rings. The number of nitrogens with zero attached hydrogens (tertiary/aromatic N) is 3. The highest BCUT2D eigenvalue weighted by Crippen LogP contribution is 2.33. The average Bonchev–Trinajstić information content (AvgIpc) is 3.55. The molecule has 0 bridgehead atoms. The molecule has 3 unspecified atom stereocenters. The van der Waals surface area contributed by atoms with Crippen molar-refractivity contribution in [1.82, 2.24) is 20.4 Å². The number of hydrogen-bond donors (Lipinski definition) is 2. The van der Waals surface area contributed by atoms with Crippen molar-refractivity contribution in [3.8, 4) is 0 Å². The molecule has 2 saturated heterocycles. The number of piperazine rings is 1. The van der Waals surface area contributed by atoms with Gasteiger partial charge in [-0.1, -0.05) is 81.8 Å². The Hall–Kier alpha value is -2.55. The van der Waals surface area contributed by atoms with Crippen molar-refractivity contribution in [3.63, 3.8) is 0 Å². The normalized spacial score (nSPS) is 23.3. The molecule has 1 aromatic rings. The molecule has 2 N–H and O–H groups in total. The number of unbranched alkanes of at least 4 members (excludes halogenated alkanes) is 2. The summed E-state index contributed by atoms with van der Waals surface area (Å²) in [6.07, 6.45) is 16.1. The van der Waals surface area contributed by atoms with E-state index in [4.69, 9.17) is 16.6 Å². The monoisotopic (exact) mass is 655 g/mol. The first-order valence-corrected chi connectivity index (χ1v) is 18.1. The van der Waals surface area contributed by atoms with Gasteiger partial charge in [0, 0.05) is 30.4 Å². The lowest BCUT2D eigenvalue weighted by Gasteiger charge is -2.46. The molecule has 4 atom stereocenters. The predicted molar refractivity (Wildman–Crippen MR) is 187 cm³/mol. The number of nitrogens with one attached hydrogen (secondary N) is 2. The number of alkyl halides is 1. The molecule has 46 heavy (non-hydrogen) atoms. The van der Waals surface area contributed by atoms with Gasteiger partial charge in [0.1, 0.15) is 11.9 Å². The van der Waals surface area contributed by atoms with Crippen LogP contribution in [0, 0.1) is 11.7 Å². The van der Waals surface area contributed by atoms with Crippen LogP contribution >= 0.6 is 11.6 Å². The molecule has 2 aliphatic heterocycles. The summed E-state index contributed by atoms with van der Waals surface area (Å²) < 4.78 is 13.9. The van der Waals surface area contributed by atoms with Crippen LogP contribution in [-0.4, -0.2) is 77.6 Å². The lowest BCUT2D eigenvalue weighted by Crippen LogP contribution is -2.65. The van der Waals surface area contributed by atoms with Crippen molar-refractivity contribution in [2.24, 2.45) is 10.9 Å². The smallest absolute Gasteiger partial charge is 0.253 e. The maximum Gasteiger partial charge on any atom is 0.253 e. The minimum absolute atomic E-state index is 0.0109. The van der Waals surface area contributed by atoms with Gasteiger partial charge in [-0.3, -0.25) is 24.8 Å². The van der Waals surface area contributed by atoms with Gasteiger partial charge >= 0.3 is 0 Å². The molecule has 1 aromatic carbocycles. The van der Waals surface area contributed by atoms with Gasteiger partial charge in [-0.15, -0.1) is 0 Å². The van der Waals surface area contributed by atoms with Gasteiger partial charge in [-0.25, -0.2) is 4.39 Å². The van der Waals surface area contributed by atoms with Crippen molar-refractivity contribution in [2.45, 2.75) is 121 Å². The Balaban J connectivity index is 1.75. The summed E-state index contributed by atoms with van der Waals surface area (Å²) in [5, 5.41) is 5.90. The zero-order chi connectivity index (χ0) is 33.1. The number of likely N-dealkylation sites (N-methyl/N-ethyl adjacent to an activating group) is 1. The van der Waals surface area contributed by atoms with Crippen LogP contribution in [0.25, 0.3) is 5.57 Å². The molecule has 1 saturated carbocycles. The van der Waals surface area contributed by atoms with Crippen molar-refractivity contribution in [2.75, 3.05) is 26.7 Å². The number of allylic oxidation sites excluding steroid dienone is 3. The maximum atomic E-state index is 14.8. The Labute approximate surface area is 281 Å². The van der Waals surface area contributed by atoms with E-state index in [9.17, 15) is 14.0 Å². The number of benzene rings is 1. The van der Waals surface area contributed by atoms with Crippen molar-refractivity contribution < 1.29 is 14.0 Å². The van der Waals surface area contributed by atoms with E-state index >= 15 is 0 Å². The lowest BCUT2D eigenvalue weighted by atomic mass is 9.82. The summed E-state index contributed by atoms with van der Waals surface area (Å²) in [7, 11) is 1.65. The molecule has 0 spiro atoms. The third-order valence-corrected chi connectivity index (χ3v) is 10.3. The van der Waals surface area contributed by atoms with E-state index in [0.29, 0.717) is 12.6 Å². The predicted octanol–water partition coefficient (Wildman–Crippen LogP) is 7.07. The molecule has 254 valence electrons. The minimum atomic E-state index is -0.903. The lowest BCUT2D eigenvalue weighted by molar-refractivity contribution is -0.142. The number of amides is 2. The molecule has 2 heterocycles. The first-order chi connectivity index (χ1) is 22.3. The molecular weight excluding hydrogens is 601 g/mol. The number of hydrogen-bond acceptors (Lipinski definition) is 5. The third kappa shape index (κ3) is 9.29. The van der Waals surface area contributed by atoms with Crippen molar-refractivity contribution in [3.05, 3.63) is 53.5 Å². The summed E-state index contributed by atoms with van der Waals surface area (Å²) in [6.45, 7) is 8.72. The van der Waals surface area contributed by atoms with Gasteiger partial charge in [0.2, 0.25) is 5.91 Å². The van der Waals surface area contributed by atoms with Crippen LogP contribution in [0.5, 0.6) is 0 Å². The van der Waals surface area contributed by atoms with Crippen LogP contribution in [-0.2, 0) is 9.59 Å². The Bertz CT molecular complexity index is 1240.